The third-order valence-corrected chi connectivity index (χ3v) is 6.65. The Morgan fingerprint density at radius 3 is 2.65 bits per heavy atom. The van der Waals surface area contributed by atoms with Gasteiger partial charge in [-0.2, -0.15) is 0 Å². The van der Waals surface area contributed by atoms with E-state index in [-0.39, 0.29) is 0 Å². The maximum absolute atomic E-state index is 6.10. The predicted molar refractivity (Wildman–Crippen MR) is 124 cm³/mol. The number of ether oxygens (including phenoxy) is 2. The van der Waals surface area contributed by atoms with Crippen LogP contribution in [0.15, 0.2) is 30.5 Å². The maximum atomic E-state index is 6.10. The first-order valence-corrected chi connectivity index (χ1v) is 12.1. The monoisotopic (exact) mass is 423 g/mol. The summed E-state index contributed by atoms with van der Waals surface area (Å²) in [5.41, 5.74) is 2.34. The lowest BCUT2D eigenvalue weighted by molar-refractivity contribution is 0.254. The fourth-order valence-corrected chi connectivity index (χ4v) is 4.93. The first kappa shape index (κ1) is 22.1. The van der Waals surface area contributed by atoms with Crippen molar-refractivity contribution < 1.29 is 9.47 Å². The molecule has 0 amide bonds. The Hall–Kier alpha value is -2.14. The van der Waals surface area contributed by atoms with Gasteiger partial charge in [-0.25, -0.2) is 9.97 Å². The van der Waals surface area contributed by atoms with Gasteiger partial charge in [0.15, 0.2) is 11.5 Å². The van der Waals surface area contributed by atoms with Crippen molar-refractivity contribution in [2.45, 2.75) is 64.2 Å². The average molecular weight is 424 g/mol. The van der Waals surface area contributed by atoms with Crippen LogP contribution in [0.3, 0.4) is 0 Å². The average Bonchev–Trinajstić information content (AvgIpc) is 3.31. The molecule has 0 N–H and O–H groups in total. The Morgan fingerprint density at radius 2 is 1.84 bits per heavy atom. The van der Waals surface area contributed by atoms with E-state index in [2.05, 4.69) is 28.1 Å². The lowest BCUT2D eigenvalue weighted by Crippen LogP contribution is -2.21. The van der Waals surface area contributed by atoms with Gasteiger partial charge in [0, 0.05) is 24.9 Å². The van der Waals surface area contributed by atoms with Gasteiger partial charge in [0.25, 0.3) is 0 Å². The van der Waals surface area contributed by atoms with Crippen LogP contribution >= 0.6 is 0 Å². The normalized spacial score (nSPS) is 17.7. The maximum Gasteiger partial charge on any atom is 0.161 e. The summed E-state index contributed by atoms with van der Waals surface area (Å²) in [5, 5.41) is 0. The van der Waals surface area contributed by atoms with E-state index >= 15 is 0 Å². The van der Waals surface area contributed by atoms with Gasteiger partial charge in [-0.1, -0.05) is 38.2 Å². The van der Waals surface area contributed by atoms with Crippen molar-refractivity contribution in [1.82, 2.24) is 14.9 Å². The van der Waals surface area contributed by atoms with Gasteiger partial charge in [0.1, 0.15) is 5.82 Å². The first-order valence-electron chi connectivity index (χ1n) is 12.1. The van der Waals surface area contributed by atoms with Crippen LogP contribution in [-0.4, -0.2) is 48.2 Å². The summed E-state index contributed by atoms with van der Waals surface area (Å²) in [5.74, 6) is 3.29. The molecule has 1 aromatic heterocycles. The number of aromatic nitrogens is 2. The number of likely N-dealkylation sites (tertiary alicyclic amines) is 1. The van der Waals surface area contributed by atoms with Crippen molar-refractivity contribution >= 4 is 0 Å². The zero-order valence-corrected chi connectivity index (χ0v) is 19.0. The van der Waals surface area contributed by atoms with Crippen molar-refractivity contribution in [1.29, 1.82) is 0 Å². The molecule has 2 aliphatic rings. The molecule has 2 heterocycles. The summed E-state index contributed by atoms with van der Waals surface area (Å²) in [6.07, 6.45) is 14.2. The molecule has 1 aromatic carbocycles. The third-order valence-electron chi connectivity index (χ3n) is 6.65. The minimum atomic E-state index is 0.712. The number of nitrogens with zero attached hydrogens (tertiary/aromatic N) is 3. The first-order chi connectivity index (χ1) is 15.3. The number of hydrogen-bond acceptors (Lipinski definition) is 5. The molecule has 1 aliphatic heterocycles. The smallest absolute Gasteiger partial charge is 0.161 e. The van der Waals surface area contributed by atoms with Gasteiger partial charge in [-0.05, 0) is 68.5 Å². The second-order valence-electron chi connectivity index (χ2n) is 9.09. The van der Waals surface area contributed by atoms with Crippen molar-refractivity contribution in [3.63, 3.8) is 0 Å². The van der Waals surface area contributed by atoms with E-state index in [0.29, 0.717) is 13.0 Å². The number of rotatable bonds is 10. The SMILES string of the molecule is COc1ccc(Cc2nccc(CC3CCCCC3)n2)cc1OCCCN1CCCC1. The molecule has 0 spiro atoms. The predicted octanol–water partition coefficient (Wildman–Crippen LogP) is 5.06. The Labute approximate surface area is 187 Å². The van der Waals surface area contributed by atoms with Crippen LogP contribution in [0.2, 0.25) is 0 Å². The van der Waals surface area contributed by atoms with Crippen LogP contribution in [0.25, 0.3) is 0 Å². The molecular formula is C26H37N3O2. The molecule has 0 bridgehead atoms. The number of methoxy groups -OCH3 is 1. The third kappa shape index (κ3) is 6.67. The minimum absolute atomic E-state index is 0.712. The van der Waals surface area contributed by atoms with Crippen molar-refractivity contribution in [3.8, 4) is 11.5 Å². The van der Waals surface area contributed by atoms with Crippen LogP contribution in [0.1, 0.15) is 68.4 Å². The highest BCUT2D eigenvalue weighted by Gasteiger charge is 2.15. The fourth-order valence-electron chi connectivity index (χ4n) is 4.93. The lowest BCUT2D eigenvalue weighted by atomic mass is 9.86. The van der Waals surface area contributed by atoms with E-state index in [1.165, 1.54) is 63.7 Å². The topological polar surface area (TPSA) is 47.5 Å². The standard InChI is InChI=1S/C26H37N3O2/c1-30-24-11-10-22(19-25(24)31-17-7-16-29-14-5-6-15-29)20-26-27-13-12-23(28-26)18-21-8-3-2-4-9-21/h10-13,19,21H,2-9,14-18,20H2,1H3. The Bertz CT molecular complexity index is 814. The largest absolute Gasteiger partial charge is 0.493 e. The Kier molecular flexibility index (Phi) is 8.17. The van der Waals surface area contributed by atoms with E-state index in [1.54, 1.807) is 7.11 Å². The summed E-state index contributed by atoms with van der Waals surface area (Å²) in [7, 11) is 1.70. The molecule has 4 rings (SSSR count). The zero-order valence-electron chi connectivity index (χ0n) is 19.0. The summed E-state index contributed by atoms with van der Waals surface area (Å²) >= 11 is 0. The second kappa shape index (κ2) is 11.5. The molecule has 5 heteroatoms. The summed E-state index contributed by atoms with van der Waals surface area (Å²) in [6, 6.07) is 8.26. The van der Waals surface area contributed by atoms with Crippen molar-refractivity contribution in [2.75, 3.05) is 33.4 Å². The highest BCUT2D eigenvalue weighted by molar-refractivity contribution is 5.43. The highest BCUT2D eigenvalue weighted by atomic mass is 16.5. The quantitative estimate of drug-likeness (QED) is 0.500. The molecule has 1 saturated heterocycles. The zero-order chi connectivity index (χ0) is 21.3. The van der Waals surface area contributed by atoms with E-state index in [1.807, 2.05) is 12.3 Å². The van der Waals surface area contributed by atoms with E-state index in [9.17, 15) is 0 Å². The molecule has 5 nitrogen and oxygen atoms in total. The van der Waals surface area contributed by atoms with E-state index < -0.39 is 0 Å². The molecule has 0 radical (unpaired) electrons. The van der Waals surface area contributed by atoms with Gasteiger partial charge < -0.3 is 14.4 Å². The molecular weight excluding hydrogens is 386 g/mol. The van der Waals surface area contributed by atoms with Gasteiger partial charge in [0.05, 0.1) is 13.7 Å². The van der Waals surface area contributed by atoms with Crippen LogP contribution < -0.4 is 9.47 Å². The van der Waals surface area contributed by atoms with E-state index in [4.69, 9.17) is 14.5 Å². The Morgan fingerprint density at radius 1 is 1.00 bits per heavy atom. The summed E-state index contributed by atoms with van der Waals surface area (Å²) < 4.78 is 11.6. The van der Waals surface area contributed by atoms with Crippen molar-refractivity contribution in [2.24, 2.45) is 5.92 Å². The van der Waals surface area contributed by atoms with Crippen LogP contribution in [0.4, 0.5) is 0 Å². The molecule has 168 valence electrons. The summed E-state index contributed by atoms with van der Waals surface area (Å²) in [4.78, 5) is 11.9. The van der Waals surface area contributed by atoms with Gasteiger partial charge in [-0.15, -0.1) is 0 Å². The fraction of sp³-hybridized carbons (Fsp3) is 0.615. The van der Waals surface area contributed by atoms with Crippen molar-refractivity contribution in [3.05, 3.63) is 47.5 Å². The van der Waals surface area contributed by atoms with E-state index in [0.717, 1.165) is 48.2 Å². The Balaban J connectivity index is 1.34. The lowest BCUT2D eigenvalue weighted by Gasteiger charge is -2.21. The number of benzene rings is 1. The molecule has 1 aliphatic carbocycles. The van der Waals surface area contributed by atoms with Crippen LogP contribution in [0.5, 0.6) is 11.5 Å². The molecule has 1 saturated carbocycles. The molecule has 2 aromatic rings. The van der Waals surface area contributed by atoms with Crippen LogP contribution in [-0.2, 0) is 12.8 Å². The second-order valence-corrected chi connectivity index (χ2v) is 9.09. The summed E-state index contributed by atoms with van der Waals surface area (Å²) in [6.45, 7) is 4.30. The minimum Gasteiger partial charge on any atom is -0.493 e. The highest BCUT2D eigenvalue weighted by Crippen LogP contribution is 2.29. The molecule has 2 fully saturated rings. The molecule has 31 heavy (non-hydrogen) atoms. The molecule has 0 atom stereocenters. The van der Waals surface area contributed by atoms with Gasteiger partial charge in [0.2, 0.25) is 0 Å². The van der Waals surface area contributed by atoms with Crippen LogP contribution in [0, 0.1) is 5.92 Å². The van der Waals surface area contributed by atoms with Gasteiger partial charge >= 0.3 is 0 Å². The van der Waals surface area contributed by atoms with Gasteiger partial charge in [-0.3, -0.25) is 0 Å². The number of hydrogen-bond donors (Lipinski definition) is 0. The molecule has 0 unspecified atom stereocenters.